The SMILES string of the molecule is CC1CC([C@H]2CC[C@H]3[C@@H]4CC[C@H]5C[C@@H](N(C)C)CC[C@@H]5[C@H]4CC[C@]23C)=Cc2ccncc21. The van der Waals surface area contributed by atoms with Gasteiger partial charge in [0.05, 0.1) is 0 Å². The highest BCUT2D eigenvalue weighted by Crippen LogP contribution is 2.66. The van der Waals surface area contributed by atoms with Crippen LogP contribution in [0.3, 0.4) is 0 Å². The van der Waals surface area contributed by atoms with E-state index in [1.807, 2.05) is 6.20 Å². The maximum atomic E-state index is 4.41. The number of hydrogen-bond acceptors (Lipinski definition) is 2. The van der Waals surface area contributed by atoms with Crippen molar-refractivity contribution in [1.29, 1.82) is 0 Å². The monoisotopic (exact) mass is 432 g/mol. The molecular weight excluding hydrogens is 388 g/mol. The van der Waals surface area contributed by atoms with E-state index in [1.54, 1.807) is 5.57 Å². The lowest BCUT2D eigenvalue weighted by Crippen LogP contribution is -2.50. The van der Waals surface area contributed by atoms with Crippen LogP contribution in [0.4, 0.5) is 0 Å². The largest absolute Gasteiger partial charge is 0.306 e. The van der Waals surface area contributed by atoms with Crippen molar-refractivity contribution in [2.45, 2.75) is 90.0 Å². The van der Waals surface area contributed by atoms with Crippen molar-refractivity contribution in [3.05, 3.63) is 35.2 Å². The summed E-state index contributed by atoms with van der Waals surface area (Å²) in [6, 6.07) is 3.10. The summed E-state index contributed by atoms with van der Waals surface area (Å²) in [6.07, 6.45) is 21.4. The Hall–Kier alpha value is -1.15. The summed E-state index contributed by atoms with van der Waals surface area (Å²) in [6.45, 7) is 5.14. The summed E-state index contributed by atoms with van der Waals surface area (Å²) in [4.78, 5) is 6.92. The van der Waals surface area contributed by atoms with E-state index < -0.39 is 0 Å². The minimum atomic E-state index is 0.547. The van der Waals surface area contributed by atoms with Crippen LogP contribution in [0.2, 0.25) is 0 Å². The van der Waals surface area contributed by atoms with Crippen LogP contribution in [0.1, 0.15) is 95.1 Å². The molecule has 4 saturated carbocycles. The van der Waals surface area contributed by atoms with Gasteiger partial charge in [0.15, 0.2) is 0 Å². The van der Waals surface area contributed by atoms with Gasteiger partial charge in [0, 0.05) is 18.4 Å². The van der Waals surface area contributed by atoms with Gasteiger partial charge in [0.25, 0.3) is 0 Å². The first-order chi connectivity index (χ1) is 15.5. The average molecular weight is 433 g/mol. The van der Waals surface area contributed by atoms with Gasteiger partial charge in [-0.1, -0.05) is 25.5 Å². The van der Waals surface area contributed by atoms with E-state index in [1.165, 1.54) is 75.3 Å². The number of allylic oxidation sites excluding steroid dienone is 1. The van der Waals surface area contributed by atoms with Crippen LogP contribution in [0.15, 0.2) is 24.0 Å². The Kier molecular flexibility index (Phi) is 5.32. The molecule has 32 heavy (non-hydrogen) atoms. The molecule has 0 amide bonds. The summed E-state index contributed by atoms with van der Waals surface area (Å²) < 4.78 is 0. The first kappa shape index (κ1) is 21.4. The zero-order valence-electron chi connectivity index (χ0n) is 20.9. The van der Waals surface area contributed by atoms with Crippen LogP contribution in [0, 0.1) is 40.9 Å². The third-order valence-corrected chi connectivity index (χ3v) is 11.4. The fraction of sp³-hybridized carbons (Fsp3) is 0.767. The fourth-order valence-electron chi connectivity index (χ4n) is 9.83. The predicted octanol–water partition coefficient (Wildman–Crippen LogP) is 7.17. The first-order valence-electron chi connectivity index (χ1n) is 13.8. The molecule has 0 aliphatic heterocycles. The summed E-state index contributed by atoms with van der Waals surface area (Å²) in [5, 5.41) is 0. The Bertz CT molecular complexity index is 887. The Labute approximate surface area is 196 Å². The number of pyridine rings is 1. The van der Waals surface area contributed by atoms with Crippen LogP contribution >= 0.6 is 0 Å². The molecule has 2 heteroatoms. The molecule has 1 aromatic rings. The van der Waals surface area contributed by atoms with E-state index >= 15 is 0 Å². The molecule has 174 valence electrons. The number of aromatic nitrogens is 1. The highest BCUT2D eigenvalue weighted by molar-refractivity contribution is 5.61. The Morgan fingerprint density at radius 3 is 2.66 bits per heavy atom. The molecule has 1 heterocycles. The van der Waals surface area contributed by atoms with E-state index in [9.17, 15) is 0 Å². The van der Waals surface area contributed by atoms with Gasteiger partial charge in [0.1, 0.15) is 0 Å². The lowest BCUT2D eigenvalue weighted by atomic mass is 9.49. The van der Waals surface area contributed by atoms with Crippen molar-refractivity contribution in [3.8, 4) is 0 Å². The van der Waals surface area contributed by atoms with E-state index in [-0.39, 0.29) is 0 Å². The highest BCUT2D eigenvalue weighted by atomic mass is 15.1. The Balaban J connectivity index is 1.23. The molecule has 5 aliphatic rings. The zero-order chi connectivity index (χ0) is 22.0. The molecule has 5 aliphatic carbocycles. The zero-order valence-corrected chi connectivity index (χ0v) is 20.9. The normalized spacial score (nSPS) is 45.5. The number of fused-ring (bicyclic) bond motifs is 6. The van der Waals surface area contributed by atoms with E-state index in [0.29, 0.717) is 11.3 Å². The van der Waals surface area contributed by atoms with Gasteiger partial charge >= 0.3 is 0 Å². The topological polar surface area (TPSA) is 16.1 Å². The maximum Gasteiger partial charge on any atom is 0.0308 e. The second kappa shape index (κ2) is 7.97. The van der Waals surface area contributed by atoms with Crippen molar-refractivity contribution >= 4 is 6.08 Å². The standard InChI is InChI=1S/C30H44N2/c1-19-15-22(16-21-12-14-31-18-27(19)21)28-9-10-29-26-7-5-20-17-23(32(3)4)6-8-24(20)25(26)11-13-30(28,29)2/h12,14,16,18-20,23-26,28-29H,5-11,13,15,17H2,1-4H3/t19?,20-,23-,24-,25+,26+,28+,29-,30+/m0/s1. The third-order valence-electron chi connectivity index (χ3n) is 11.4. The molecule has 9 atom stereocenters. The summed E-state index contributed by atoms with van der Waals surface area (Å²) in [5.41, 5.74) is 5.24. The van der Waals surface area contributed by atoms with Gasteiger partial charge in [0.2, 0.25) is 0 Å². The molecule has 0 radical (unpaired) electrons. The molecule has 0 aromatic carbocycles. The second-order valence-corrected chi connectivity index (χ2v) is 12.9. The van der Waals surface area contributed by atoms with Crippen LogP contribution in [0.5, 0.6) is 0 Å². The van der Waals surface area contributed by atoms with Crippen molar-refractivity contribution in [1.82, 2.24) is 9.88 Å². The maximum absolute atomic E-state index is 4.41. The number of hydrogen-bond donors (Lipinski definition) is 0. The van der Waals surface area contributed by atoms with Crippen LogP contribution in [-0.4, -0.2) is 30.0 Å². The van der Waals surface area contributed by atoms with E-state index in [0.717, 1.165) is 41.5 Å². The molecule has 1 aromatic heterocycles. The Morgan fingerprint density at radius 1 is 0.969 bits per heavy atom. The molecule has 0 spiro atoms. The molecule has 0 bridgehead atoms. The molecular formula is C30H44N2. The van der Waals surface area contributed by atoms with Gasteiger partial charge in [-0.15, -0.1) is 0 Å². The fourth-order valence-corrected chi connectivity index (χ4v) is 9.83. The smallest absolute Gasteiger partial charge is 0.0308 e. The second-order valence-electron chi connectivity index (χ2n) is 12.9. The van der Waals surface area contributed by atoms with Gasteiger partial charge < -0.3 is 4.90 Å². The van der Waals surface area contributed by atoms with Gasteiger partial charge in [-0.3, -0.25) is 4.98 Å². The van der Waals surface area contributed by atoms with E-state index in [2.05, 4.69) is 56.2 Å². The van der Waals surface area contributed by atoms with Crippen molar-refractivity contribution in [2.24, 2.45) is 40.9 Å². The quantitative estimate of drug-likeness (QED) is 0.492. The lowest BCUT2D eigenvalue weighted by molar-refractivity contribution is -0.0663. The molecule has 0 N–H and O–H groups in total. The van der Waals surface area contributed by atoms with Gasteiger partial charge in [-0.05, 0) is 142 Å². The molecule has 6 rings (SSSR count). The Morgan fingerprint density at radius 2 is 1.81 bits per heavy atom. The summed E-state index contributed by atoms with van der Waals surface area (Å²) in [5.74, 6) is 6.55. The predicted molar refractivity (Wildman–Crippen MR) is 133 cm³/mol. The average Bonchev–Trinajstić information content (AvgIpc) is 3.15. The van der Waals surface area contributed by atoms with Gasteiger partial charge in [-0.2, -0.15) is 0 Å². The molecule has 4 fully saturated rings. The number of rotatable bonds is 2. The molecule has 2 nitrogen and oxygen atoms in total. The van der Waals surface area contributed by atoms with Crippen LogP contribution < -0.4 is 0 Å². The summed E-state index contributed by atoms with van der Waals surface area (Å²) in [7, 11) is 4.61. The molecule has 1 unspecified atom stereocenters. The van der Waals surface area contributed by atoms with E-state index in [4.69, 9.17) is 0 Å². The van der Waals surface area contributed by atoms with Crippen LogP contribution in [-0.2, 0) is 0 Å². The first-order valence-corrected chi connectivity index (χ1v) is 13.8. The minimum Gasteiger partial charge on any atom is -0.306 e. The number of nitrogens with zero attached hydrogens (tertiary/aromatic N) is 2. The van der Waals surface area contributed by atoms with Crippen molar-refractivity contribution in [3.63, 3.8) is 0 Å². The van der Waals surface area contributed by atoms with Crippen LogP contribution in [0.25, 0.3) is 6.08 Å². The van der Waals surface area contributed by atoms with Crippen molar-refractivity contribution < 1.29 is 0 Å². The summed E-state index contributed by atoms with van der Waals surface area (Å²) >= 11 is 0. The van der Waals surface area contributed by atoms with Gasteiger partial charge in [-0.25, -0.2) is 0 Å². The highest BCUT2D eigenvalue weighted by Gasteiger charge is 2.57. The third kappa shape index (κ3) is 3.26. The minimum absolute atomic E-state index is 0.547. The molecule has 0 saturated heterocycles. The lowest BCUT2D eigenvalue weighted by Gasteiger charge is -2.57. The van der Waals surface area contributed by atoms with Crippen molar-refractivity contribution in [2.75, 3.05) is 14.1 Å².